The quantitative estimate of drug-likeness (QED) is 0.828. The van der Waals surface area contributed by atoms with Crippen LogP contribution in [-0.2, 0) is 11.2 Å². The molecule has 1 unspecified atom stereocenters. The summed E-state index contributed by atoms with van der Waals surface area (Å²) < 4.78 is 4.54. The largest absolute Gasteiger partial charge is 0.343 e. The van der Waals surface area contributed by atoms with E-state index < -0.39 is 0 Å². The van der Waals surface area contributed by atoms with Gasteiger partial charge in [-0.3, -0.25) is 4.79 Å². The van der Waals surface area contributed by atoms with Gasteiger partial charge in [-0.05, 0) is 25.3 Å². The van der Waals surface area contributed by atoms with Crippen molar-refractivity contribution in [3.8, 4) is 0 Å². The summed E-state index contributed by atoms with van der Waals surface area (Å²) in [7, 11) is 0. The molecular formula is C20H26N4OS. The maximum atomic E-state index is 12.7. The van der Waals surface area contributed by atoms with Crippen LogP contribution < -0.4 is 4.90 Å². The fraction of sp³-hybridized carbons (Fsp3) is 0.550. The molecular weight excluding hydrogens is 344 g/mol. The normalized spacial score (nSPS) is 21.3. The van der Waals surface area contributed by atoms with Gasteiger partial charge in [-0.2, -0.15) is 4.37 Å². The molecule has 6 heteroatoms. The first-order valence-electron chi connectivity index (χ1n) is 9.62. The number of aromatic nitrogens is 2. The first-order valence-corrected chi connectivity index (χ1v) is 10.4. The highest BCUT2D eigenvalue weighted by Gasteiger charge is 2.33. The zero-order valence-electron chi connectivity index (χ0n) is 15.3. The fourth-order valence-corrected chi connectivity index (χ4v) is 4.81. The van der Waals surface area contributed by atoms with Crippen molar-refractivity contribution in [2.75, 3.05) is 24.5 Å². The van der Waals surface area contributed by atoms with Gasteiger partial charge in [-0.25, -0.2) is 4.98 Å². The molecule has 5 nitrogen and oxygen atoms in total. The summed E-state index contributed by atoms with van der Waals surface area (Å²) in [4.78, 5) is 21.9. The van der Waals surface area contributed by atoms with E-state index >= 15 is 0 Å². The summed E-state index contributed by atoms with van der Waals surface area (Å²) in [6.45, 7) is 4.65. The number of benzene rings is 1. The van der Waals surface area contributed by atoms with E-state index in [0.717, 1.165) is 49.9 Å². The summed E-state index contributed by atoms with van der Waals surface area (Å²) in [5.41, 5.74) is 1.23. The van der Waals surface area contributed by atoms with Crippen molar-refractivity contribution in [3.05, 3.63) is 41.7 Å². The third kappa shape index (κ3) is 3.75. The highest BCUT2D eigenvalue weighted by atomic mass is 32.1. The smallest absolute Gasteiger partial charge is 0.226 e. The molecule has 4 rings (SSSR count). The number of carbonyl (C=O) groups excluding carboxylic acids is 1. The van der Waals surface area contributed by atoms with Crippen LogP contribution in [-0.4, -0.2) is 45.8 Å². The molecule has 1 aromatic heterocycles. The van der Waals surface area contributed by atoms with Gasteiger partial charge in [0.05, 0.1) is 0 Å². The highest BCUT2D eigenvalue weighted by Crippen LogP contribution is 2.29. The van der Waals surface area contributed by atoms with Crippen molar-refractivity contribution in [2.24, 2.45) is 5.92 Å². The van der Waals surface area contributed by atoms with Gasteiger partial charge in [-0.1, -0.05) is 43.2 Å². The summed E-state index contributed by atoms with van der Waals surface area (Å²) in [5.74, 6) is 1.52. The number of amides is 1. The molecule has 0 bridgehead atoms. The minimum absolute atomic E-state index is 0.235. The van der Waals surface area contributed by atoms with Gasteiger partial charge in [0.15, 0.2) is 0 Å². The third-order valence-electron chi connectivity index (χ3n) is 5.55. The highest BCUT2D eigenvalue weighted by molar-refractivity contribution is 7.09. The zero-order chi connectivity index (χ0) is 17.9. The average molecular weight is 371 g/mol. The lowest BCUT2D eigenvalue weighted by molar-refractivity contribution is -0.137. The maximum absolute atomic E-state index is 12.7. The van der Waals surface area contributed by atoms with E-state index in [-0.39, 0.29) is 12.0 Å². The second kappa shape index (κ2) is 7.74. The second-order valence-electron chi connectivity index (χ2n) is 7.46. The third-order valence-corrected chi connectivity index (χ3v) is 6.36. The van der Waals surface area contributed by atoms with Crippen LogP contribution in [0.2, 0.25) is 0 Å². The summed E-state index contributed by atoms with van der Waals surface area (Å²) in [6, 6.07) is 10.6. The number of nitrogens with zero attached hydrogens (tertiary/aromatic N) is 4. The lowest BCUT2D eigenvalue weighted by Crippen LogP contribution is -2.55. The van der Waals surface area contributed by atoms with Crippen LogP contribution in [0.4, 0.5) is 5.13 Å². The molecule has 1 saturated carbocycles. The van der Waals surface area contributed by atoms with Crippen LogP contribution in [0.1, 0.15) is 44.0 Å². The molecule has 1 atom stereocenters. The van der Waals surface area contributed by atoms with Gasteiger partial charge in [0, 0.05) is 49.5 Å². The van der Waals surface area contributed by atoms with Gasteiger partial charge in [0.25, 0.3) is 0 Å². The van der Waals surface area contributed by atoms with Crippen LogP contribution in [0.25, 0.3) is 0 Å². The molecule has 26 heavy (non-hydrogen) atoms. The Labute approximate surface area is 159 Å². The zero-order valence-corrected chi connectivity index (χ0v) is 16.1. The number of rotatable bonds is 4. The van der Waals surface area contributed by atoms with Crippen molar-refractivity contribution in [1.29, 1.82) is 0 Å². The van der Waals surface area contributed by atoms with E-state index in [4.69, 9.17) is 4.98 Å². The fourth-order valence-electron chi connectivity index (χ4n) is 4.09. The first-order chi connectivity index (χ1) is 12.7. The SMILES string of the molecule is CC1CN(c2nc(Cc3ccccc3)ns2)CCN1C(=O)C1CCCC1. The topological polar surface area (TPSA) is 49.3 Å². The molecule has 1 aromatic carbocycles. The minimum Gasteiger partial charge on any atom is -0.343 e. The number of anilines is 1. The minimum atomic E-state index is 0.235. The Morgan fingerprint density at radius 2 is 1.96 bits per heavy atom. The Balaban J connectivity index is 1.37. The molecule has 1 aliphatic heterocycles. The first kappa shape index (κ1) is 17.5. The lowest BCUT2D eigenvalue weighted by atomic mass is 10.0. The average Bonchev–Trinajstić information content (AvgIpc) is 3.34. The van der Waals surface area contributed by atoms with Crippen molar-refractivity contribution < 1.29 is 4.79 Å². The van der Waals surface area contributed by atoms with E-state index in [2.05, 4.69) is 33.2 Å². The molecule has 2 heterocycles. The molecule has 0 radical (unpaired) electrons. The van der Waals surface area contributed by atoms with Crippen molar-refractivity contribution in [3.63, 3.8) is 0 Å². The van der Waals surface area contributed by atoms with E-state index in [1.165, 1.54) is 29.9 Å². The van der Waals surface area contributed by atoms with Crippen LogP contribution in [0.15, 0.2) is 30.3 Å². The Kier molecular flexibility index (Phi) is 5.20. The number of hydrogen-bond donors (Lipinski definition) is 0. The molecule has 2 aliphatic rings. The molecule has 138 valence electrons. The van der Waals surface area contributed by atoms with Crippen molar-refractivity contribution >= 4 is 22.6 Å². The Hall–Kier alpha value is -1.95. The molecule has 2 fully saturated rings. The van der Waals surface area contributed by atoms with Crippen molar-refractivity contribution in [1.82, 2.24) is 14.3 Å². The molecule has 0 N–H and O–H groups in total. The van der Waals surface area contributed by atoms with Crippen LogP contribution >= 0.6 is 11.5 Å². The maximum Gasteiger partial charge on any atom is 0.226 e. The molecule has 0 spiro atoms. The monoisotopic (exact) mass is 370 g/mol. The van der Waals surface area contributed by atoms with Crippen molar-refractivity contribution in [2.45, 2.75) is 45.1 Å². The predicted molar refractivity (Wildman–Crippen MR) is 105 cm³/mol. The van der Waals surface area contributed by atoms with Crippen LogP contribution in [0, 0.1) is 5.92 Å². The van der Waals surface area contributed by atoms with Gasteiger partial charge in [-0.15, -0.1) is 0 Å². The van der Waals surface area contributed by atoms with E-state index in [9.17, 15) is 4.79 Å². The number of carbonyl (C=O) groups is 1. The Bertz CT molecular complexity index is 741. The van der Waals surface area contributed by atoms with Crippen LogP contribution in [0.5, 0.6) is 0 Å². The van der Waals surface area contributed by atoms with Gasteiger partial charge in [0.2, 0.25) is 11.0 Å². The van der Waals surface area contributed by atoms with Gasteiger partial charge >= 0.3 is 0 Å². The number of piperazine rings is 1. The molecule has 1 saturated heterocycles. The lowest BCUT2D eigenvalue weighted by Gasteiger charge is -2.40. The Morgan fingerprint density at radius 1 is 1.19 bits per heavy atom. The molecule has 2 aromatic rings. The number of hydrogen-bond acceptors (Lipinski definition) is 5. The van der Waals surface area contributed by atoms with E-state index in [1.54, 1.807) is 0 Å². The molecule has 1 aliphatic carbocycles. The standard InChI is InChI=1S/C20H26N4OS/c1-15-14-23(11-12-24(15)19(25)17-9-5-6-10-17)20-21-18(22-26-20)13-16-7-3-2-4-8-16/h2-4,7-8,15,17H,5-6,9-14H2,1H3. The van der Waals surface area contributed by atoms with Gasteiger partial charge < -0.3 is 9.80 Å². The summed E-state index contributed by atoms with van der Waals surface area (Å²) in [5, 5.41) is 0.982. The van der Waals surface area contributed by atoms with E-state index in [1.807, 2.05) is 18.2 Å². The summed E-state index contributed by atoms with van der Waals surface area (Å²) in [6.07, 6.45) is 5.34. The van der Waals surface area contributed by atoms with Gasteiger partial charge in [0.1, 0.15) is 5.82 Å². The Morgan fingerprint density at radius 3 is 2.69 bits per heavy atom. The summed E-state index contributed by atoms with van der Waals surface area (Å²) >= 11 is 1.47. The molecule has 1 amide bonds. The van der Waals surface area contributed by atoms with E-state index in [0.29, 0.717) is 5.91 Å². The predicted octanol–water partition coefficient (Wildman–Crippen LogP) is 3.36. The van der Waals surface area contributed by atoms with Crippen LogP contribution in [0.3, 0.4) is 0 Å². The second-order valence-corrected chi connectivity index (χ2v) is 8.19.